The fourth-order valence-electron chi connectivity index (χ4n) is 0.884. The first kappa shape index (κ1) is 10.9. The second-order valence-corrected chi connectivity index (χ2v) is 2.85. The van der Waals surface area contributed by atoms with Gasteiger partial charge in [-0.15, -0.1) is 6.58 Å². The first-order valence-corrected chi connectivity index (χ1v) is 3.71. The van der Waals surface area contributed by atoms with Gasteiger partial charge in [0.15, 0.2) is 0 Å². The van der Waals surface area contributed by atoms with Crippen LogP contribution in [0.2, 0.25) is 0 Å². The minimum absolute atomic E-state index is 0.176. The molecule has 0 rings (SSSR count). The van der Waals surface area contributed by atoms with Crippen molar-refractivity contribution in [2.75, 3.05) is 7.11 Å². The average Bonchev–Trinajstić information content (AvgIpc) is 1.98. The number of ketones is 1. The van der Waals surface area contributed by atoms with E-state index in [1.807, 2.05) is 0 Å². The fraction of sp³-hybridized carbons (Fsp3) is 0.556. The van der Waals surface area contributed by atoms with Crippen LogP contribution in [0.25, 0.3) is 0 Å². The first-order valence-electron chi connectivity index (χ1n) is 3.71. The normalized spacial score (nSPS) is 11.9. The van der Waals surface area contributed by atoms with Crippen molar-refractivity contribution in [2.24, 2.45) is 5.92 Å². The lowest BCUT2D eigenvalue weighted by Crippen LogP contribution is -2.23. The van der Waals surface area contributed by atoms with Crippen LogP contribution in [0.3, 0.4) is 0 Å². The summed E-state index contributed by atoms with van der Waals surface area (Å²) < 4.78 is 4.47. The molecule has 68 valence electrons. The zero-order chi connectivity index (χ0) is 9.72. The Morgan fingerprint density at radius 3 is 2.17 bits per heavy atom. The van der Waals surface area contributed by atoms with E-state index < -0.39 is 11.9 Å². The van der Waals surface area contributed by atoms with E-state index >= 15 is 0 Å². The van der Waals surface area contributed by atoms with E-state index in [1.165, 1.54) is 14.0 Å². The molecule has 0 radical (unpaired) electrons. The number of methoxy groups -OCH3 is 1. The third kappa shape index (κ3) is 3.32. The van der Waals surface area contributed by atoms with Crippen molar-refractivity contribution >= 4 is 11.8 Å². The largest absolute Gasteiger partial charge is 0.468 e. The number of carbonyl (C=O) groups excluding carboxylic acids is 2. The molecule has 0 heterocycles. The number of esters is 1. The number of rotatable bonds is 4. The van der Waals surface area contributed by atoms with E-state index in [4.69, 9.17) is 0 Å². The molecule has 3 heteroatoms. The molecule has 0 aromatic heterocycles. The van der Waals surface area contributed by atoms with E-state index in [-0.39, 0.29) is 5.78 Å². The summed E-state index contributed by atoms with van der Waals surface area (Å²) in [4.78, 5) is 21.9. The number of ether oxygens (including phenoxy) is 1. The topological polar surface area (TPSA) is 43.4 Å². The van der Waals surface area contributed by atoms with Gasteiger partial charge in [0.05, 0.1) is 7.11 Å². The quantitative estimate of drug-likeness (QED) is 0.363. The Hall–Kier alpha value is -1.12. The molecule has 1 atom stereocenters. The smallest absolute Gasteiger partial charge is 0.316 e. The van der Waals surface area contributed by atoms with Crippen LogP contribution in [0.4, 0.5) is 0 Å². The Balaban J connectivity index is 4.33. The minimum Gasteiger partial charge on any atom is -0.468 e. The number of allylic oxidation sites excluding steroid dienone is 1. The summed E-state index contributed by atoms with van der Waals surface area (Å²) in [6.45, 7) is 6.79. The SMILES string of the molecule is C=C(C)C[C@H](C(C)=O)C(=O)OC. The number of Topliss-reactive ketones (excluding diaryl/α,β-unsaturated/α-hetero) is 1. The standard InChI is InChI=1S/C9H14O3/c1-6(2)5-8(7(3)10)9(11)12-4/h8H,1,5H2,2-4H3/t8-/m1/s1. The lowest BCUT2D eigenvalue weighted by molar-refractivity contribution is -0.148. The summed E-state index contributed by atoms with van der Waals surface area (Å²) in [6, 6.07) is 0. The Bertz CT molecular complexity index is 206. The Kier molecular flexibility index (Phi) is 4.26. The van der Waals surface area contributed by atoms with E-state index in [0.29, 0.717) is 6.42 Å². The molecule has 0 amide bonds. The molecule has 0 aromatic rings. The van der Waals surface area contributed by atoms with Crippen molar-refractivity contribution in [2.45, 2.75) is 20.3 Å². The van der Waals surface area contributed by atoms with Crippen LogP contribution in [-0.4, -0.2) is 18.9 Å². The second kappa shape index (κ2) is 4.70. The summed E-state index contributed by atoms with van der Waals surface area (Å²) in [5, 5.41) is 0. The molecule has 12 heavy (non-hydrogen) atoms. The number of carbonyl (C=O) groups is 2. The molecule has 0 unspecified atom stereocenters. The van der Waals surface area contributed by atoms with Gasteiger partial charge in [0.1, 0.15) is 11.7 Å². The van der Waals surface area contributed by atoms with Crippen molar-refractivity contribution in [1.82, 2.24) is 0 Å². The third-order valence-electron chi connectivity index (χ3n) is 1.53. The van der Waals surface area contributed by atoms with Crippen molar-refractivity contribution in [3.05, 3.63) is 12.2 Å². The maximum atomic E-state index is 11.0. The van der Waals surface area contributed by atoms with Crippen molar-refractivity contribution in [1.29, 1.82) is 0 Å². The second-order valence-electron chi connectivity index (χ2n) is 2.85. The zero-order valence-electron chi connectivity index (χ0n) is 7.72. The Morgan fingerprint density at radius 1 is 1.42 bits per heavy atom. The molecule has 0 aliphatic heterocycles. The van der Waals surface area contributed by atoms with Gasteiger partial charge in [-0.1, -0.05) is 5.57 Å². The highest BCUT2D eigenvalue weighted by Gasteiger charge is 2.23. The van der Waals surface area contributed by atoms with E-state index in [9.17, 15) is 9.59 Å². The van der Waals surface area contributed by atoms with Gasteiger partial charge in [0.25, 0.3) is 0 Å². The van der Waals surface area contributed by atoms with Gasteiger partial charge in [-0.3, -0.25) is 9.59 Å². The lowest BCUT2D eigenvalue weighted by atomic mass is 9.98. The van der Waals surface area contributed by atoms with Gasteiger partial charge in [0, 0.05) is 0 Å². The Morgan fingerprint density at radius 2 is 1.92 bits per heavy atom. The molecule has 0 aliphatic carbocycles. The predicted octanol–water partition coefficient (Wildman–Crippen LogP) is 1.33. The van der Waals surface area contributed by atoms with Crippen LogP contribution in [-0.2, 0) is 14.3 Å². The molecule has 3 nitrogen and oxygen atoms in total. The zero-order valence-corrected chi connectivity index (χ0v) is 7.72. The molecule has 0 spiro atoms. The highest BCUT2D eigenvalue weighted by Crippen LogP contribution is 2.12. The monoisotopic (exact) mass is 170 g/mol. The van der Waals surface area contributed by atoms with Gasteiger partial charge in [0.2, 0.25) is 0 Å². The van der Waals surface area contributed by atoms with Gasteiger partial charge in [-0.25, -0.2) is 0 Å². The van der Waals surface area contributed by atoms with Crippen LogP contribution < -0.4 is 0 Å². The van der Waals surface area contributed by atoms with E-state index in [1.54, 1.807) is 6.92 Å². The molecule has 0 saturated heterocycles. The molecule has 0 bridgehead atoms. The first-order chi connectivity index (χ1) is 5.49. The van der Waals surface area contributed by atoms with Crippen LogP contribution in [0.5, 0.6) is 0 Å². The highest BCUT2D eigenvalue weighted by atomic mass is 16.5. The highest BCUT2D eigenvalue weighted by molar-refractivity contribution is 5.97. The molecule has 0 aromatic carbocycles. The summed E-state index contributed by atoms with van der Waals surface area (Å²) in [6.07, 6.45) is 0.377. The van der Waals surface area contributed by atoms with Gasteiger partial charge >= 0.3 is 5.97 Å². The van der Waals surface area contributed by atoms with E-state index in [0.717, 1.165) is 5.57 Å². The molecular weight excluding hydrogens is 156 g/mol. The summed E-state index contributed by atoms with van der Waals surface area (Å²) in [5.41, 5.74) is 0.806. The predicted molar refractivity (Wildman–Crippen MR) is 45.6 cm³/mol. The van der Waals surface area contributed by atoms with Gasteiger partial charge in [-0.2, -0.15) is 0 Å². The summed E-state index contributed by atoms with van der Waals surface area (Å²) in [7, 11) is 1.27. The molecule has 0 fully saturated rings. The van der Waals surface area contributed by atoms with Crippen molar-refractivity contribution in [3.63, 3.8) is 0 Å². The van der Waals surface area contributed by atoms with Gasteiger partial charge in [-0.05, 0) is 20.3 Å². The summed E-state index contributed by atoms with van der Waals surface area (Å²) in [5.74, 6) is -1.33. The Labute approximate surface area is 72.4 Å². The molecular formula is C9H14O3. The molecule has 0 N–H and O–H groups in total. The number of hydrogen-bond acceptors (Lipinski definition) is 3. The summed E-state index contributed by atoms with van der Waals surface area (Å²) >= 11 is 0. The molecule has 0 aliphatic rings. The maximum absolute atomic E-state index is 11.0. The average molecular weight is 170 g/mol. The van der Waals surface area contributed by atoms with Gasteiger partial charge < -0.3 is 4.74 Å². The number of hydrogen-bond donors (Lipinski definition) is 0. The van der Waals surface area contributed by atoms with E-state index in [2.05, 4.69) is 11.3 Å². The van der Waals surface area contributed by atoms with Crippen LogP contribution in [0.15, 0.2) is 12.2 Å². The van der Waals surface area contributed by atoms with Crippen LogP contribution >= 0.6 is 0 Å². The fourth-order valence-corrected chi connectivity index (χ4v) is 0.884. The van der Waals surface area contributed by atoms with Crippen molar-refractivity contribution < 1.29 is 14.3 Å². The van der Waals surface area contributed by atoms with Crippen molar-refractivity contribution in [3.8, 4) is 0 Å². The van der Waals surface area contributed by atoms with Crippen LogP contribution in [0, 0.1) is 5.92 Å². The lowest BCUT2D eigenvalue weighted by Gasteiger charge is -2.10. The third-order valence-corrected chi connectivity index (χ3v) is 1.53. The van der Waals surface area contributed by atoms with Crippen LogP contribution in [0.1, 0.15) is 20.3 Å². The maximum Gasteiger partial charge on any atom is 0.316 e. The minimum atomic E-state index is -0.674. The molecule has 0 saturated carbocycles.